The Morgan fingerprint density at radius 3 is 2.50 bits per heavy atom. The maximum atomic E-state index is 12.9. The van der Waals surface area contributed by atoms with E-state index in [0.717, 1.165) is 55.7 Å². The van der Waals surface area contributed by atoms with Crippen LogP contribution >= 0.6 is 0 Å². The summed E-state index contributed by atoms with van der Waals surface area (Å²) < 4.78 is 1.99. The predicted octanol–water partition coefficient (Wildman–Crippen LogP) is 2.77. The second kappa shape index (κ2) is 7.41. The Balaban J connectivity index is 1.41. The van der Waals surface area contributed by atoms with Gasteiger partial charge in [-0.2, -0.15) is 0 Å². The normalized spacial score (nSPS) is 19.3. The van der Waals surface area contributed by atoms with Crippen LogP contribution in [-0.2, 0) is 18.4 Å². The molecule has 2 amide bonds. The molecule has 0 radical (unpaired) electrons. The topological polar surface area (TPSA) is 58.4 Å². The number of carbonyl (C=O) groups is 2. The van der Waals surface area contributed by atoms with Crippen LogP contribution < -0.4 is 0 Å². The SMILES string of the molecule is Cc1c(C(=O)N2CCC3(CCC(=O)N(Cc4ccncc4)C3)CC2)ccn1C. The number of likely N-dealkylation sites (tertiary alicyclic amines) is 2. The van der Waals surface area contributed by atoms with Crippen molar-refractivity contribution in [3.05, 3.63) is 53.6 Å². The van der Waals surface area contributed by atoms with E-state index in [-0.39, 0.29) is 17.2 Å². The highest BCUT2D eigenvalue weighted by Crippen LogP contribution is 2.41. The second-order valence-electron chi connectivity index (χ2n) is 8.32. The number of rotatable bonds is 3. The Bertz CT molecular complexity index is 866. The summed E-state index contributed by atoms with van der Waals surface area (Å²) in [5.41, 5.74) is 3.07. The van der Waals surface area contributed by atoms with Crippen LogP contribution in [0.15, 0.2) is 36.8 Å². The smallest absolute Gasteiger partial charge is 0.255 e. The molecule has 2 fully saturated rings. The summed E-state index contributed by atoms with van der Waals surface area (Å²) in [6.45, 7) is 4.97. The third-order valence-corrected chi connectivity index (χ3v) is 6.60. The molecule has 0 bridgehead atoms. The lowest BCUT2D eigenvalue weighted by atomic mass is 9.72. The van der Waals surface area contributed by atoms with E-state index in [1.165, 1.54) is 0 Å². The van der Waals surface area contributed by atoms with Crippen LogP contribution in [-0.4, -0.2) is 50.8 Å². The van der Waals surface area contributed by atoms with E-state index < -0.39 is 0 Å². The lowest BCUT2D eigenvalue weighted by Gasteiger charge is -2.47. The summed E-state index contributed by atoms with van der Waals surface area (Å²) in [6.07, 6.45) is 8.96. The first-order valence-electron chi connectivity index (χ1n) is 10.1. The summed E-state index contributed by atoms with van der Waals surface area (Å²) in [6, 6.07) is 5.85. The molecule has 0 aliphatic carbocycles. The van der Waals surface area contributed by atoms with E-state index >= 15 is 0 Å². The Labute approximate surface area is 166 Å². The Morgan fingerprint density at radius 1 is 1.14 bits per heavy atom. The number of pyridine rings is 1. The molecule has 148 valence electrons. The van der Waals surface area contributed by atoms with Crippen LogP contribution in [0.2, 0.25) is 0 Å². The van der Waals surface area contributed by atoms with Crippen molar-refractivity contribution in [1.29, 1.82) is 0 Å². The van der Waals surface area contributed by atoms with Crippen molar-refractivity contribution in [3.8, 4) is 0 Å². The van der Waals surface area contributed by atoms with Gasteiger partial charge in [-0.25, -0.2) is 0 Å². The minimum atomic E-state index is 0.133. The van der Waals surface area contributed by atoms with E-state index in [0.29, 0.717) is 13.0 Å². The van der Waals surface area contributed by atoms with Crippen LogP contribution in [0.4, 0.5) is 0 Å². The first-order chi connectivity index (χ1) is 13.5. The van der Waals surface area contributed by atoms with Gasteiger partial charge in [0.25, 0.3) is 5.91 Å². The summed E-state index contributed by atoms with van der Waals surface area (Å²) in [4.78, 5) is 33.4. The van der Waals surface area contributed by atoms with Gasteiger partial charge < -0.3 is 14.4 Å². The van der Waals surface area contributed by atoms with Crippen molar-refractivity contribution in [3.63, 3.8) is 0 Å². The van der Waals surface area contributed by atoms with Crippen molar-refractivity contribution >= 4 is 11.8 Å². The predicted molar refractivity (Wildman–Crippen MR) is 107 cm³/mol. The fourth-order valence-corrected chi connectivity index (χ4v) is 4.55. The summed E-state index contributed by atoms with van der Waals surface area (Å²) in [7, 11) is 1.97. The number of nitrogens with zero attached hydrogens (tertiary/aromatic N) is 4. The monoisotopic (exact) mass is 380 g/mol. The third kappa shape index (κ3) is 3.55. The fraction of sp³-hybridized carbons (Fsp3) is 0.500. The molecule has 0 atom stereocenters. The average Bonchev–Trinajstić information content (AvgIpc) is 3.04. The quantitative estimate of drug-likeness (QED) is 0.823. The maximum Gasteiger partial charge on any atom is 0.255 e. The first kappa shape index (κ1) is 18.7. The number of amides is 2. The van der Waals surface area contributed by atoms with Gasteiger partial charge in [-0.05, 0) is 55.4 Å². The Hall–Kier alpha value is -2.63. The zero-order valence-corrected chi connectivity index (χ0v) is 16.7. The molecule has 2 aromatic heterocycles. The fourth-order valence-electron chi connectivity index (χ4n) is 4.55. The molecule has 2 aromatic rings. The van der Waals surface area contributed by atoms with Gasteiger partial charge in [0.2, 0.25) is 5.91 Å². The third-order valence-electron chi connectivity index (χ3n) is 6.60. The largest absolute Gasteiger partial charge is 0.354 e. The van der Waals surface area contributed by atoms with Crippen LogP contribution in [0, 0.1) is 12.3 Å². The number of hydrogen-bond acceptors (Lipinski definition) is 3. The molecule has 0 saturated carbocycles. The number of aromatic nitrogens is 2. The number of hydrogen-bond donors (Lipinski definition) is 0. The summed E-state index contributed by atoms with van der Waals surface area (Å²) in [5, 5.41) is 0. The highest BCUT2D eigenvalue weighted by Gasteiger charge is 2.41. The van der Waals surface area contributed by atoms with Gasteiger partial charge >= 0.3 is 0 Å². The minimum absolute atomic E-state index is 0.133. The van der Waals surface area contributed by atoms with Crippen LogP contribution in [0.1, 0.15) is 47.3 Å². The molecule has 2 saturated heterocycles. The van der Waals surface area contributed by atoms with E-state index in [1.807, 2.05) is 52.7 Å². The molecule has 2 aliphatic heterocycles. The minimum Gasteiger partial charge on any atom is -0.354 e. The number of piperidine rings is 2. The van der Waals surface area contributed by atoms with Gasteiger partial charge in [0.05, 0.1) is 5.56 Å². The van der Waals surface area contributed by atoms with Gasteiger partial charge in [-0.15, -0.1) is 0 Å². The number of aryl methyl sites for hydroxylation is 1. The van der Waals surface area contributed by atoms with E-state index in [9.17, 15) is 9.59 Å². The highest BCUT2D eigenvalue weighted by molar-refractivity contribution is 5.95. The Kier molecular flexibility index (Phi) is 4.96. The molecular weight excluding hydrogens is 352 g/mol. The van der Waals surface area contributed by atoms with Crippen molar-refractivity contribution in [1.82, 2.24) is 19.4 Å². The lowest BCUT2D eigenvalue weighted by molar-refractivity contribution is -0.139. The molecular formula is C22H28N4O2. The van der Waals surface area contributed by atoms with Crippen molar-refractivity contribution in [2.24, 2.45) is 12.5 Å². The molecule has 0 aromatic carbocycles. The molecule has 4 heterocycles. The zero-order valence-electron chi connectivity index (χ0n) is 16.7. The molecule has 0 N–H and O–H groups in total. The van der Waals surface area contributed by atoms with Crippen molar-refractivity contribution in [2.75, 3.05) is 19.6 Å². The zero-order chi connectivity index (χ0) is 19.7. The summed E-state index contributed by atoms with van der Waals surface area (Å²) in [5.74, 6) is 0.370. The molecule has 0 unspecified atom stereocenters. The van der Waals surface area contributed by atoms with Gasteiger partial charge in [0.1, 0.15) is 0 Å². The van der Waals surface area contributed by atoms with Crippen LogP contribution in [0.3, 0.4) is 0 Å². The van der Waals surface area contributed by atoms with E-state index in [1.54, 1.807) is 12.4 Å². The maximum absolute atomic E-state index is 12.9. The van der Waals surface area contributed by atoms with E-state index in [4.69, 9.17) is 0 Å². The standard InChI is InChI=1S/C22H28N4O2/c1-17-19(6-12-24(17)2)21(28)25-13-8-22(9-14-25)7-3-20(27)26(16-22)15-18-4-10-23-11-5-18/h4-6,10-12H,3,7-9,13-16H2,1-2H3. The first-order valence-corrected chi connectivity index (χ1v) is 10.1. The molecule has 2 aliphatic rings. The van der Waals surface area contributed by atoms with Gasteiger partial charge in [0.15, 0.2) is 0 Å². The lowest BCUT2D eigenvalue weighted by Crippen LogP contribution is -2.52. The average molecular weight is 380 g/mol. The molecule has 6 heteroatoms. The van der Waals surface area contributed by atoms with Gasteiger partial charge in [-0.3, -0.25) is 14.6 Å². The van der Waals surface area contributed by atoms with Crippen molar-refractivity contribution < 1.29 is 9.59 Å². The molecule has 6 nitrogen and oxygen atoms in total. The molecule has 1 spiro atoms. The highest BCUT2D eigenvalue weighted by atomic mass is 16.2. The van der Waals surface area contributed by atoms with Gasteiger partial charge in [-0.1, -0.05) is 0 Å². The Morgan fingerprint density at radius 2 is 1.86 bits per heavy atom. The molecule has 28 heavy (non-hydrogen) atoms. The van der Waals surface area contributed by atoms with Crippen molar-refractivity contribution in [2.45, 2.75) is 39.2 Å². The number of carbonyl (C=O) groups excluding carboxylic acids is 2. The second-order valence-corrected chi connectivity index (χ2v) is 8.32. The van der Waals surface area contributed by atoms with Gasteiger partial charge in [0, 0.05) is 63.9 Å². The van der Waals surface area contributed by atoms with E-state index in [2.05, 4.69) is 4.98 Å². The molecule has 4 rings (SSSR count). The van der Waals surface area contributed by atoms with Crippen LogP contribution in [0.5, 0.6) is 0 Å². The summed E-state index contributed by atoms with van der Waals surface area (Å²) >= 11 is 0. The van der Waals surface area contributed by atoms with Crippen LogP contribution in [0.25, 0.3) is 0 Å².